The Morgan fingerprint density at radius 2 is 2.19 bits per heavy atom. The van der Waals surface area contributed by atoms with E-state index in [1.807, 2.05) is 37.4 Å². The summed E-state index contributed by atoms with van der Waals surface area (Å²) in [7, 11) is 1.94. The molecule has 6 heteroatoms. The zero-order valence-electron chi connectivity index (χ0n) is 12.0. The molecule has 0 spiro atoms. The third kappa shape index (κ3) is 3.40. The second kappa shape index (κ2) is 6.69. The van der Waals surface area contributed by atoms with Gasteiger partial charge in [-0.3, -0.25) is 0 Å². The van der Waals surface area contributed by atoms with Crippen molar-refractivity contribution < 1.29 is 14.0 Å². The van der Waals surface area contributed by atoms with Gasteiger partial charge in [-0.15, -0.1) is 0 Å². The monoisotopic (exact) mass is 289 g/mol. The lowest BCUT2D eigenvalue weighted by Crippen LogP contribution is -2.39. The predicted molar refractivity (Wildman–Crippen MR) is 76.1 cm³/mol. The Balaban J connectivity index is 1.63. The second-order valence-corrected chi connectivity index (χ2v) is 5.02. The minimum Gasteiger partial charge on any atom is -0.485 e. The van der Waals surface area contributed by atoms with E-state index in [1.54, 1.807) is 0 Å². The van der Waals surface area contributed by atoms with E-state index in [1.165, 1.54) is 0 Å². The topological polar surface area (TPSA) is 69.4 Å². The first-order valence-electron chi connectivity index (χ1n) is 7.12. The zero-order chi connectivity index (χ0) is 14.5. The standard InChI is InChI=1S/C15H19N3O3/c1-16-13-7-8-19-9-12(13)15-17-14(18-21-15)10-20-11-5-3-2-4-6-11/h2-6,12-13,16H,7-10H2,1H3. The highest BCUT2D eigenvalue weighted by molar-refractivity contribution is 5.21. The van der Waals surface area contributed by atoms with Crippen LogP contribution < -0.4 is 10.1 Å². The average molecular weight is 289 g/mol. The maximum Gasteiger partial charge on any atom is 0.233 e. The van der Waals surface area contributed by atoms with Crippen LogP contribution in [0.3, 0.4) is 0 Å². The second-order valence-electron chi connectivity index (χ2n) is 5.02. The van der Waals surface area contributed by atoms with Crippen LogP contribution in [0.15, 0.2) is 34.9 Å². The molecule has 2 aromatic rings. The molecule has 1 aliphatic heterocycles. The summed E-state index contributed by atoms with van der Waals surface area (Å²) in [5.74, 6) is 2.05. The van der Waals surface area contributed by atoms with Crippen molar-refractivity contribution in [3.05, 3.63) is 42.0 Å². The number of hydrogen-bond donors (Lipinski definition) is 1. The molecule has 3 rings (SSSR count). The Labute approximate surface area is 123 Å². The molecule has 112 valence electrons. The van der Waals surface area contributed by atoms with Gasteiger partial charge in [0.15, 0.2) is 6.61 Å². The van der Waals surface area contributed by atoms with Crippen molar-refractivity contribution >= 4 is 0 Å². The van der Waals surface area contributed by atoms with E-state index in [-0.39, 0.29) is 5.92 Å². The van der Waals surface area contributed by atoms with E-state index >= 15 is 0 Å². The lowest BCUT2D eigenvalue weighted by molar-refractivity contribution is 0.0516. The summed E-state index contributed by atoms with van der Waals surface area (Å²) >= 11 is 0. The Morgan fingerprint density at radius 1 is 1.33 bits per heavy atom. The van der Waals surface area contributed by atoms with Crippen LogP contribution in [0.25, 0.3) is 0 Å². The molecule has 21 heavy (non-hydrogen) atoms. The van der Waals surface area contributed by atoms with Gasteiger partial charge in [-0.1, -0.05) is 23.4 Å². The number of rotatable bonds is 5. The van der Waals surface area contributed by atoms with Crippen molar-refractivity contribution in [3.8, 4) is 5.75 Å². The van der Waals surface area contributed by atoms with Gasteiger partial charge in [-0.2, -0.15) is 4.98 Å². The van der Waals surface area contributed by atoms with Crippen LogP contribution >= 0.6 is 0 Å². The van der Waals surface area contributed by atoms with Crippen LogP contribution in [0, 0.1) is 0 Å². The maximum absolute atomic E-state index is 5.61. The van der Waals surface area contributed by atoms with Crippen molar-refractivity contribution in [3.63, 3.8) is 0 Å². The van der Waals surface area contributed by atoms with Crippen molar-refractivity contribution in [1.82, 2.24) is 15.5 Å². The van der Waals surface area contributed by atoms with Gasteiger partial charge in [0.25, 0.3) is 0 Å². The smallest absolute Gasteiger partial charge is 0.233 e. The van der Waals surface area contributed by atoms with E-state index in [0.29, 0.717) is 31.0 Å². The van der Waals surface area contributed by atoms with Gasteiger partial charge in [0.1, 0.15) is 5.75 Å². The van der Waals surface area contributed by atoms with Crippen LogP contribution in [-0.2, 0) is 11.3 Å². The summed E-state index contributed by atoms with van der Waals surface area (Å²) < 4.78 is 16.5. The fraction of sp³-hybridized carbons (Fsp3) is 0.467. The molecule has 6 nitrogen and oxygen atoms in total. The van der Waals surface area contributed by atoms with E-state index in [4.69, 9.17) is 14.0 Å². The lowest BCUT2D eigenvalue weighted by atomic mass is 9.96. The molecule has 1 aromatic carbocycles. The molecule has 0 saturated carbocycles. The highest BCUT2D eigenvalue weighted by Crippen LogP contribution is 2.24. The number of hydrogen-bond acceptors (Lipinski definition) is 6. The van der Waals surface area contributed by atoms with E-state index in [0.717, 1.165) is 18.8 Å². The normalized spacial score (nSPS) is 22.1. The van der Waals surface area contributed by atoms with Gasteiger partial charge in [-0.25, -0.2) is 0 Å². The van der Waals surface area contributed by atoms with Gasteiger partial charge in [0.05, 0.1) is 12.5 Å². The summed E-state index contributed by atoms with van der Waals surface area (Å²) in [5, 5.41) is 7.26. The first kappa shape index (κ1) is 14.0. The molecule has 0 bridgehead atoms. The number of aromatic nitrogens is 2. The van der Waals surface area contributed by atoms with Gasteiger partial charge >= 0.3 is 0 Å². The van der Waals surface area contributed by atoms with Crippen molar-refractivity contribution in [2.45, 2.75) is 25.0 Å². The van der Waals surface area contributed by atoms with Crippen LogP contribution in [0.1, 0.15) is 24.1 Å². The van der Waals surface area contributed by atoms with Gasteiger partial charge < -0.3 is 19.3 Å². The van der Waals surface area contributed by atoms with Crippen LogP contribution in [-0.4, -0.2) is 36.4 Å². The summed E-state index contributed by atoms with van der Waals surface area (Å²) in [5.41, 5.74) is 0. The maximum atomic E-state index is 5.61. The summed E-state index contributed by atoms with van der Waals surface area (Å²) in [4.78, 5) is 4.42. The van der Waals surface area contributed by atoms with E-state index in [9.17, 15) is 0 Å². The molecule has 1 aliphatic rings. The number of ether oxygens (including phenoxy) is 2. The number of para-hydroxylation sites is 1. The Kier molecular flexibility index (Phi) is 4.47. The van der Waals surface area contributed by atoms with Crippen LogP contribution in [0.5, 0.6) is 5.75 Å². The summed E-state index contributed by atoms with van der Waals surface area (Å²) in [6, 6.07) is 9.89. The molecule has 2 heterocycles. The molecule has 0 radical (unpaired) electrons. The Hall–Kier alpha value is -1.92. The number of nitrogens with zero attached hydrogens (tertiary/aromatic N) is 2. The third-order valence-electron chi connectivity index (χ3n) is 3.64. The van der Waals surface area contributed by atoms with E-state index < -0.39 is 0 Å². The molecule has 1 saturated heterocycles. The third-order valence-corrected chi connectivity index (χ3v) is 3.64. The molecule has 2 unspecified atom stereocenters. The predicted octanol–water partition coefficient (Wildman–Crippen LogP) is 1.74. The Bertz CT molecular complexity index is 558. The first-order valence-corrected chi connectivity index (χ1v) is 7.12. The van der Waals surface area contributed by atoms with E-state index in [2.05, 4.69) is 15.5 Å². The molecule has 0 amide bonds. The van der Waals surface area contributed by atoms with Gasteiger partial charge in [0, 0.05) is 12.6 Å². The van der Waals surface area contributed by atoms with Crippen LogP contribution in [0.2, 0.25) is 0 Å². The highest BCUT2D eigenvalue weighted by atomic mass is 16.5. The molecular weight excluding hydrogens is 270 g/mol. The SMILES string of the molecule is CNC1CCOCC1c1nc(COc2ccccc2)no1. The van der Waals surface area contributed by atoms with Crippen molar-refractivity contribution in [1.29, 1.82) is 0 Å². The summed E-state index contributed by atoms with van der Waals surface area (Å²) in [6.45, 7) is 1.66. The van der Waals surface area contributed by atoms with Crippen molar-refractivity contribution in [2.75, 3.05) is 20.3 Å². The van der Waals surface area contributed by atoms with Crippen molar-refractivity contribution in [2.24, 2.45) is 0 Å². The molecule has 2 atom stereocenters. The number of benzene rings is 1. The number of nitrogens with one attached hydrogen (secondary N) is 1. The summed E-state index contributed by atoms with van der Waals surface area (Å²) in [6.07, 6.45) is 0.944. The van der Waals surface area contributed by atoms with Gasteiger partial charge in [0.2, 0.25) is 11.7 Å². The van der Waals surface area contributed by atoms with Gasteiger partial charge in [-0.05, 0) is 25.6 Å². The minimum atomic E-state index is 0.0988. The lowest BCUT2D eigenvalue weighted by Gasteiger charge is -2.28. The molecule has 1 fully saturated rings. The minimum absolute atomic E-state index is 0.0988. The highest BCUT2D eigenvalue weighted by Gasteiger charge is 2.30. The zero-order valence-corrected chi connectivity index (χ0v) is 12.0. The molecule has 1 aromatic heterocycles. The fourth-order valence-corrected chi connectivity index (χ4v) is 2.47. The molecule has 0 aliphatic carbocycles. The largest absolute Gasteiger partial charge is 0.485 e. The van der Waals surface area contributed by atoms with Crippen LogP contribution in [0.4, 0.5) is 0 Å². The molecule has 1 N–H and O–H groups in total. The fourth-order valence-electron chi connectivity index (χ4n) is 2.47. The first-order chi connectivity index (χ1) is 10.4. The Morgan fingerprint density at radius 3 is 3.00 bits per heavy atom. The average Bonchev–Trinajstić information content (AvgIpc) is 3.02. The quantitative estimate of drug-likeness (QED) is 0.904. The molecular formula is C15H19N3O3. The number of likely N-dealkylation sites (N-methyl/N-ethyl adjacent to an activating group) is 1.